The lowest BCUT2D eigenvalue weighted by Crippen LogP contribution is -2.07. The molecule has 0 unspecified atom stereocenters. The summed E-state index contributed by atoms with van der Waals surface area (Å²) in [5.74, 6) is -2.52. The minimum atomic E-state index is -0.892. The lowest BCUT2D eigenvalue weighted by atomic mass is 10.0. The number of carbonyl (C=O) groups is 1. The van der Waals surface area contributed by atoms with E-state index in [1.807, 2.05) is 0 Å². The van der Waals surface area contributed by atoms with Crippen molar-refractivity contribution < 1.29 is 13.6 Å². The summed E-state index contributed by atoms with van der Waals surface area (Å²) < 4.78 is 27.4. The van der Waals surface area contributed by atoms with Crippen molar-refractivity contribution in [3.63, 3.8) is 0 Å². The summed E-state index contributed by atoms with van der Waals surface area (Å²) >= 11 is 6.05. The lowest BCUT2D eigenvalue weighted by Gasteiger charge is -2.04. The van der Waals surface area contributed by atoms with E-state index in [4.69, 9.17) is 11.6 Å². The van der Waals surface area contributed by atoms with Gasteiger partial charge in [-0.05, 0) is 24.3 Å². The number of halogens is 3. The molecule has 2 nitrogen and oxygen atoms in total. The van der Waals surface area contributed by atoms with Crippen molar-refractivity contribution in [2.45, 2.75) is 0 Å². The number of benzene rings is 2. The van der Waals surface area contributed by atoms with Gasteiger partial charge < -0.3 is 4.98 Å². The Labute approximate surface area is 118 Å². The van der Waals surface area contributed by atoms with Gasteiger partial charge in [-0.25, -0.2) is 8.78 Å². The topological polar surface area (TPSA) is 32.9 Å². The molecule has 1 N–H and O–H groups in total. The second kappa shape index (κ2) is 4.72. The van der Waals surface area contributed by atoms with Crippen LogP contribution in [0.1, 0.15) is 15.9 Å². The average Bonchev–Trinajstić information content (AvgIpc) is 2.83. The molecule has 0 saturated carbocycles. The molecule has 5 heteroatoms. The number of carbonyl (C=O) groups excluding carboxylic acids is 1. The second-order valence-electron chi connectivity index (χ2n) is 4.29. The molecular weight excluding hydrogens is 284 g/mol. The van der Waals surface area contributed by atoms with Crippen molar-refractivity contribution in [3.8, 4) is 0 Å². The zero-order valence-electron chi connectivity index (χ0n) is 10.1. The fourth-order valence-electron chi connectivity index (χ4n) is 2.17. The molecule has 100 valence electrons. The number of aromatic nitrogens is 1. The zero-order chi connectivity index (χ0) is 14.3. The van der Waals surface area contributed by atoms with Crippen LogP contribution >= 0.6 is 11.6 Å². The van der Waals surface area contributed by atoms with Gasteiger partial charge in [0.15, 0.2) is 0 Å². The summed E-state index contributed by atoms with van der Waals surface area (Å²) in [5.41, 5.74) is 0.209. The highest BCUT2D eigenvalue weighted by molar-refractivity contribution is 6.37. The molecule has 0 aliphatic rings. The average molecular weight is 292 g/mol. The van der Waals surface area contributed by atoms with E-state index in [1.165, 1.54) is 12.3 Å². The van der Waals surface area contributed by atoms with Crippen molar-refractivity contribution >= 4 is 28.3 Å². The summed E-state index contributed by atoms with van der Waals surface area (Å²) in [6.45, 7) is 0. The van der Waals surface area contributed by atoms with Gasteiger partial charge in [0.25, 0.3) is 0 Å². The Bertz CT molecular complexity index is 806. The molecule has 0 aliphatic heterocycles. The number of fused-ring (bicyclic) bond motifs is 1. The normalized spacial score (nSPS) is 10.9. The van der Waals surface area contributed by atoms with Crippen LogP contribution in [-0.4, -0.2) is 10.8 Å². The number of rotatable bonds is 2. The molecule has 3 aromatic rings. The highest BCUT2D eigenvalue weighted by atomic mass is 35.5. The molecule has 0 radical (unpaired) electrons. The van der Waals surface area contributed by atoms with Crippen LogP contribution in [0.5, 0.6) is 0 Å². The van der Waals surface area contributed by atoms with Gasteiger partial charge in [0.1, 0.15) is 11.6 Å². The zero-order valence-corrected chi connectivity index (χ0v) is 10.8. The number of ketones is 1. The fourth-order valence-corrected chi connectivity index (χ4v) is 2.45. The lowest BCUT2D eigenvalue weighted by molar-refractivity contribution is 0.103. The predicted octanol–water partition coefficient (Wildman–Crippen LogP) is 4.33. The van der Waals surface area contributed by atoms with E-state index in [-0.39, 0.29) is 5.56 Å². The predicted molar refractivity (Wildman–Crippen MR) is 73.1 cm³/mol. The van der Waals surface area contributed by atoms with Crippen LogP contribution in [0.4, 0.5) is 8.78 Å². The van der Waals surface area contributed by atoms with Crippen LogP contribution in [0, 0.1) is 11.6 Å². The minimum absolute atomic E-state index is 0.148. The smallest absolute Gasteiger partial charge is 0.201 e. The van der Waals surface area contributed by atoms with Crippen molar-refractivity contribution in [1.29, 1.82) is 0 Å². The first-order valence-corrected chi connectivity index (χ1v) is 6.21. The molecule has 0 fully saturated rings. The summed E-state index contributed by atoms with van der Waals surface area (Å²) in [4.78, 5) is 15.2. The molecule has 0 atom stereocenters. The first-order valence-electron chi connectivity index (χ1n) is 5.84. The van der Waals surface area contributed by atoms with Gasteiger partial charge in [0, 0.05) is 22.7 Å². The molecule has 20 heavy (non-hydrogen) atoms. The van der Waals surface area contributed by atoms with E-state index in [1.54, 1.807) is 18.2 Å². The maximum absolute atomic E-state index is 13.7. The molecule has 0 aliphatic carbocycles. The minimum Gasteiger partial charge on any atom is -0.360 e. The van der Waals surface area contributed by atoms with E-state index >= 15 is 0 Å². The summed E-state index contributed by atoms with van der Waals surface area (Å²) in [5, 5.41) is 0.811. The first kappa shape index (κ1) is 12.8. The van der Waals surface area contributed by atoms with Gasteiger partial charge >= 0.3 is 0 Å². The van der Waals surface area contributed by atoms with Crippen LogP contribution in [0.25, 0.3) is 10.9 Å². The Balaban J connectivity index is 2.24. The second-order valence-corrected chi connectivity index (χ2v) is 4.70. The fraction of sp³-hybridized carbons (Fsp3) is 0. The Morgan fingerprint density at radius 3 is 2.40 bits per heavy atom. The van der Waals surface area contributed by atoms with Gasteiger partial charge in [0.05, 0.1) is 10.6 Å². The molecule has 1 heterocycles. The van der Waals surface area contributed by atoms with E-state index in [9.17, 15) is 13.6 Å². The van der Waals surface area contributed by atoms with Crippen LogP contribution in [0.2, 0.25) is 5.02 Å². The summed E-state index contributed by atoms with van der Waals surface area (Å²) in [6.07, 6.45) is 1.41. The maximum Gasteiger partial charge on any atom is 0.201 e. The van der Waals surface area contributed by atoms with E-state index in [0.717, 1.165) is 12.1 Å². The Morgan fingerprint density at radius 2 is 1.70 bits per heavy atom. The van der Waals surface area contributed by atoms with Crippen molar-refractivity contribution in [3.05, 3.63) is 70.4 Å². The van der Waals surface area contributed by atoms with Crippen LogP contribution in [0.15, 0.2) is 42.6 Å². The van der Waals surface area contributed by atoms with Gasteiger partial charge in [-0.1, -0.05) is 23.7 Å². The van der Waals surface area contributed by atoms with Gasteiger partial charge in [-0.15, -0.1) is 0 Å². The van der Waals surface area contributed by atoms with Gasteiger partial charge in [0.2, 0.25) is 5.78 Å². The third-order valence-electron chi connectivity index (χ3n) is 3.09. The Hall–Kier alpha value is -2.20. The Morgan fingerprint density at radius 1 is 1.05 bits per heavy atom. The molecule has 1 aromatic heterocycles. The molecule has 0 saturated heterocycles. The van der Waals surface area contributed by atoms with Crippen molar-refractivity contribution in [2.75, 3.05) is 0 Å². The first-order chi connectivity index (χ1) is 9.59. The van der Waals surface area contributed by atoms with Gasteiger partial charge in [-0.3, -0.25) is 4.79 Å². The molecule has 0 spiro atoms. The quantitative estimate of drug-likeness (QED) is 0.700. The number of H-pyrrole nitrogens is 1. The molecular formula is C15H8ClF2NO. The number of hydrogen-bond donors (Lipinski definition) is 1. The van der Waals surface area contributed by atoms with Gasteiger partial charge in [-0.2, -0.15) is 0 Å². The standard InChI is InChI=1S/C15H8ClF2NO/c16-9-3-1-6-12-13(9)8(7-19-12)15(20)14-10(17)4-2-5-11(14)18/h1-7,19H. The highest BCUT2D eigenvalue weighted by Gasteiger charge is 2.22. The molecule has 0 amide bonds. The van der Waals surface area contributed by atoms with Crippen LogP contribution in [0.3, 0.4) is 0 Å². The highest BCUT2D eigenvalue weighted by Crippen LogP contribution is 2.29. The van der Waals surface area contributed by atoms with Crippen molar-refractivity contribution in [1.82, 2.24) is 4.98 Å². The summed E-state index contributed by atoms with van der Waals surface area (Å²) in [6, 6.07) is 8.38. The van der Waals surface area contributed by atoms with Crippen molar-refractivity contribution in [2.24, 2.45) is 0 Å². The number of aromatic amines is 1. The molecule has 0 bridgehead atoms. The SMILES string of the molecule is O=C(c1c(F)cccc1F)c1c[nH]c2cccc(Cl)c12. The molecule has 3 rings (SSSR count). The molecule has 2 aromatic carbocycles. The Kier molecular flexibility index (Phi) is 3.03. The summed E-state index contributed by atoms with van der Waals surface area (Å²) in [7, 11) is 0. The van der Waals surface area contributed by atoms with E-state index in [2.05, 4.69) is 4.98 Å². The maximum atomic E-state index is 13.7. The van der Waals surface area contributed by atoms with E-state index < -0.39 is 23.0 Å². The largest absolute Gasteiger partial charge is 0.360 e. The third kappa shape index (κ3) is 1.89. The monoisotopic (exact) mass is 291 g/mol. The number of hydrogen-bond acceptors (Lipinski definition) is 1. The van der Waals surface area contributed by atoms with E-state index in [0.29, 0.717) is 15.9 Å². The third-order valence-corrected chi connectivity index (χ3v) is 3.40. The number of nitrogens with one attached hydrogen (secondary N) is 1. The van der Waals surface area contributed by atoms with Crippen LogP contribution < -0.4 is 0 Å². The van der Waals surface area contributed by atoms with Crippen LogP contribution in [-0.2, 0) is 0 Å².